The van der Waals surface area contributed by atoms with Gasteiger partial charge in [0.05, 0.1) is 56.2 Å². The minimum Gasteiger partial charge on any atom is -0.308 e. The maximum absolute atomic E-state index is 4.97. The van der Waals surface area contributed by atoms with E-state index in [0.29, 0.717) is 0 Å². The van der Waals surface area contributed by atoms with Crippen LogP contribution in [0.4, 0.5) is 34.1 Å². The molecule has 0 atom stereocenters. The summed E-state index contributed by atoms with van der Waals surface area (Å²) in [6, 6.07) is 90.7. The van der Waals surface area contributed by atoms with Gasteiger partial charge in [-0.15, -0.1) is 0 Å². The Bertz CT molecular complexity index is 3640. The quantitative estimate of drug-likeness (QED) is 0.137. The first-order chi connectivity index (χ1) is 34.8. The SMILES string of the molecule is c1ccc(N(c2ccc(-c3nccnc3-c3ccc(N(c4ccccc4)c4ccccc4-n4c5ccccc5c5ccccc54)cc3)cc2)c2ccccc2-n2c3ccccc3c3ccccc32)cc1. The lowest BCUT2D eigenvalue weighted by Gasteiger charge is -2.28. The average molecular weight is 897 g/mol. The maximum Gasteiger partial charge on any atom is 0.0965 e. The molecule has 0 saturated carbocycles. The summed E-state index contributed by atoms with van der Waals surface area (Å²) in [6.07, 6.45) is 3.56. The second-order valence-electron chi connectivity index (χ2n) is 17.4. The molecule has 0 radical (unpaired) electrons. The van der Waals surface area contributed by atoms with E-state index in [2.05, 4.69) is 274 Å². The summed E-state index contributed by atoms with van der Waals surface area (Å²) in [4.78, 5) is 14.6. The molecule has 13 aromatic rings. The molecular formula is C64H44N6. The Morgan fingerprint density at radius 1 is 0.257 bits per heavy atom. The molecule has 70 heavy (non-hydrogen) atoms. The zero-order valence-corrected chi connectivity index (χ0v) is 38.1. The van der Waals surface area contributed by atoms with Gasteiger partial charge >= 0.3 is 0 Å². The van der Waals surface area contributed by atoms with Crippen molar-refractivity contribution in [3.05, 3.63) is 267 Å². The van der Waals surface area contributed by atoms with Crippen LogP contribution in [0.25, 0.3) is 77.5 Å². The van der Waals surface area contributed by atoms with E-state index in [1.807, 2.05) is 0 Å². The molecule has 3 heterocycles. The highest BCUT2D eigenvalue weighted by Gasteiger charge is 2.23. The van der Waals surface area contributed by atoms with Gasteiger partial charge < -0.3 is 18.9 Å². The lowest BCUT2D eigenvalue weighted by molar-refractivity contribution is 1.15. The molecule has 0 amide bonds. The topological polar surface area (TPSA) is 42.1 Å². The van der Waals surface area contributed by atoms with E-state index in [4.69, 9.17) is 9.97 Å². The van der Waals surface area contributed by atoms with Crippen LogP contribution in [0.15, 0.2) is 267 Å². The molecule has 0 spiro atoms. The van der Waals surface area contributed by atoms with Crippen molar-refractivity contribution in [3.8, 4) is 33.9 Å². The Morgan fingerprint density at radius 2 is 0.543 bits per heavy atom. The molecule has 330 valence electrons. The minimum atomic E-state index is 0.815. The van der Waals surface area contributed by atoms with Crippen molar-refractivity contribution in [2.45, 2.75) is 0 Å². The number of benzene rings is 10. The third-order valence-corrected chi connectivity index (χ3v) is 13.4. The Morgan fingerprint density at radius 3 is 0.900 bits per heavy atom. The van der Waals surface area contributed by atoms with Gasteiger partial charge in [0.1, 0.15) is 0 Å². The normalized spacial score (nSPS) is 11.4. The lowest BCUT2D eigenvalue weighted by atomic mass is 10.0. The Labute approximate surface area is 405 Å². The molecule has 0 aliphatic rings. The molecule has 0 fully saturated rings. The van der Waals surface area contributed by atoms with Gasteiger partial charge in [-0.05, 0) is 97.1 Å². The van der Waals surface area contributed by atoms with Crippen molar-refractivity contribution in [1.82, 2.24) is 19.1 Å². The van der Waals surface area contributed by atoms with Crippen LogP contribution in [0.5, 0.6) is 0 Å². The molecule has 0 N–H and O–H groups in total. The average Bonchev–Trinajstić information content (AvgIpc) is 3.95. The predicted molar refractivity (Wildman–Crippen MR) is 291 cm³/mol. The maximum atomic E-state index is 4.97. The van der Waals surface area contributed by atoms with E-state index in [1.54, 1.807) is 12.4 Å². The van der Waals surface area contributed by atoms with E-state index in [1.165, 1.54) is 43.6 Å². The van der Waals surface area contributed by atoms with Gasteiger partial charge in [0.2, 0.25) is 0 Å². The number of fused-ring (bicyclic) bond motifs is 6. The number of para-hydroxylation sites is 10. The Balaban J connectivity index is 0.881. The second-order valence-corrected chi connectivity index (χ2v) is 17.4. The number of nitrogens with zero attached hydrogens (tertiary/aromatic N) is 6. The van der Waals surface area contributed by atoms with Crippen LogP contribution in [0, 0.1) is 0 Å². The molecule has 0 aliphatic carbocycles. The van der Waals surface area contributed by atoms with Crippen molar-refractivity contribution in [2.24, 2.45) is 0 Å². The number of rotatable bonds is 10. The highest BCUT2D eigenvalue weighted by molar-refractivity contribution is 6.11. The van der Waals surface area contributed by atoms with Gasteiger partial charge in [-0.25, -0.2) is 0 Å². The molecule has 6 heteroatoms. The first-order valence-electron chi connectivity index (χ1n) is 23.7. The number of hydrogen-bond acceptors (Lipinski definition) is 4. The summed E-state index contributed by atoms with van der Waals surface area (Å²) in [6.45, 7) is 0. The van der Waals surface area contributed by atoms with Crippen LogP contribution in [-0.4, -0.2) is 19.1 Å². The summed E-state index contributed by atoms with van der Waals surface area (Å²) in [5, 5.41) is 4.92. The zero-order chi connectivity index (χ0) is 46.4. The van der Waals surface area contributed by atoms with Crippen molar-refractivity contribution >= 4 is 77.7 Å². The molecular weight excluding hydrogens is 853 g/mol. The van der Waals surface area contributed by atoms with E-state index in [-0.39, 0.29) is 0 Å². The molecule has 0 unspecified atom stereocenters. The number of aromatic nitrogens is 4. The second kappa shape index (κ2) is 17.3. The fourth-order valence-electron chi connectivity index (χ4n) is 10.4. The summed E-state index contributed by atoms with van der Waals surface area (Å²) >= 11 is 0. The highest BCUT2D eigenvalue weighted by atomic mass is 15.2. The fourth-order valence-corrected chi connectivity index (χ4v) is 10.4. The van der Waals surface area contributed by atoms with E-state index in [9.17, 15) is 0 Å². The molecule has 0 saturated heterocycles. The van der Waals surface area contributed by atoms with E-state index < -0.39 is 0 Å². The molecule has 10 aromatic carbocycles. The number of anilines is 6. The van der Waals surface area contributed by atoms with Crippen molar-refractivity contribution in [1.29, 1.82) is 0 Å². The summed E-state index contributed by atoms with van der Waals surface area (Å²) in [7, 11) is 0. The molecule has 0 bridgehead atoms. The van der Waals surface area contributed by atoms with Crippen molar-refractivity contribution in [3.63, 3.8) is 0 Å². The first kappa shape index (κ1) is 40.7. The summed E-state index contributed by atoms with van der Waals surface area (Å²) in [5.74, 6) is 0. The van der Waals surface area contributed by atoms with Gasteiger partial charge in [-0.1, -0.05) is 158 Å². The van der Waals surface area contributed by atoms with Gasteiger partial charge in [0.25, 0.3) is 0 Å². The van der Waals surface area contributed by atoms with Gasteiger partial charge in [0, 0.05) is 67.8 Å². The van der Waals surface area contributed by atoms with Crippen LogP contribution >= 0.6 is 0 Å². The molecule has 6 nitrogen and oxygen atoms in total. The van der Waals surface area contributed by atoms with Crippen LogP contribution in [-0.2, 0) is 0 Å². The van der Waals surface area contributed by atoms with Crippen LogP contribution in [0.1, 0.15) is 0 Å². The zero-order valence-electron chi connectivity index (χ0n) is 38.1. The van der Waals surface area contributed by atoms with Crippen LogP contribution < -0.4 is 9.80 Å². The fraction of sp³-hybridized carbons (Fsp3) is 0. The molecule has 0 aliphatic heterocycles. The highest BCUT2D eigenvalue weighted by Crippen LogP contribution is 2.44. The number of hydrogen-bond donors (Lipinski definition) is 0. The predicted octanol–water partition coefficient (Wildman–Crippen LogP) is 16.9. The smallest absolute Gasteiger partial charge is 0.0965 e. The molecule has 13 rings (SSSR count). The third-order valence-electron chi connectivity index (χ3n) is 13.4. The Hall–Kier alpha value is -9.52. The standard InChI is InChI=1S/C64H44N6/c1-3-19-47(20-4-1)67(59-31-15-17-33-61(59)69-55-27-11-7-23-51(55)52-24-8-12-28-56(52)69)49-39-35-45(36-40-49)63-64(66-44-43-65-63)46-37-41-50(42-38-46)68(48-21-5-2-6-22-48)60-32-16-18-34-62(60)70-57-29-13-9-25-53(57)54-26-10-14-30-58(54)70/h1-44H. The third kappa shape index (κ3) is 6.89. The summed E-state index contributed by atoms with van der Waals surface area (Å²) in [5.41, 5.74) is 16.7. The van der Waals surface area contributed by atoms with E-state index in [0.717, 1.165) is 68.0 Å². The summed E-state index contributed by atoms with van der Waals surface area (Å²) < 4.78 is 4.79. The van der Waals surface area contributed by atoms with E-state index >= 15 is 0 Å². The molecule has 3 aromatic heterocycles. The Kier molecular flexibility index (Phi) is 10.1. The van der Waals surface area contributed by atoms with Crippen LogP contribution in [0.3, 0.4) is 0 Å². The van der Waals surface area contributed by atoms with Gasteiger partial charge in [-0.3, -0.25) is 9.97 Å². The van der Waals surface area contributed by atoms with Gasteiger partial charge in [-0.2, -0.15) is 0 Å². The minimum absolute atomic E-state index is 0.815. The lowest BCUT2D eigenvalue weighted by Crippen LogP contribution is -2.13. The van der Waals surface area contributed by atoms with Gasteiger partial charge in [0.15, 0.2) is 0 Å². The van der Waals surface area contributed by atoms with Crippen molar-refractivity contribution in [2.75, 3.05) is 9.80 Å². The monoisotopic (exact) mass is 896 g/mol. The first-order valence-corrected chi connectivity index (χ1v) is 23.7. The van der Waals surface area contributed by atoms with Crippen molar-refractivity contribution < 1.29 is 0 Å². The van der Waals surface area contributed by atoms with Crippen LogP contribution in [0.2, 0.25) is 0 Å². The largest absolute Gasteiger partial charge is 0.308 e.